The number of hydrogen-bond acceptors (Lipinski definition) is 3. The summed E-state index contributed by atoms with van der Waals surface area (Å²) in [5, 5.41) is 16.7. The van der Waals surface area contributed by atoms with Crippen LogP contribution in [0, 0.1) is 11.3 Å². The number of nitrogens with one attached hydrogen (secondary N) is 1. The van der Waals surface area contributed by atoms with Crippen LogP contribution in [0.2, 0.25) is 5.02 Å². The lowest BCUT2D eigenvalue weighted by Crippen LogP contribution is -2.01. The van der Waals surface area contributed by atoms with Crippen molar-refractivity contribution in [2.24, 2.45) is 7.05 Å². The van der Waals surface area contributed by atoms with E-state index in [4.69, 9.17) is 16.9 Å². The normalized spacial score (nSPS) is 9.94. The summed E-state index contributed by atoms with van der Waals surface area (Å²) in [6.45, 7) is 0.628. The lowest BCUT2D eigenvalue weighted by molar-refractivity contribution is 0.747. The van der Waals surface area contributed by atoms with Crippen molar-refractivity contribution in [2.45, 2.75) is 6.54 Å². The molecule has 0 saturated heterocycles. The summed E-state index contributed by atoms with van der Waals surface area (Å²) >= 11 is 5.93. The molecule has 0 amide bonds. The van der Waals surface area contributed by atoms with Gasteiger partial charge in [0.1, 0.15) is 6.07 Å². The second kappa shape index (κ2) is 4.89. The molecule has 2 rings (SSSR count). The number of rotatable bonds is 3. The Hall–Kier alpha value is -1.99. The monoisotopic (exact) mass is 246 g/mol. The van der Waals surface area contributed by atoms with Gasteiger partial charge in [0, 0.05) is 18.9 Å². The third-order valence-corrected chi connectivity index (χ3v) is 2.64. The molecule has 0 aliphatic rings. The number of hydrogen-bond donors (Lipinski definition) is 1. The Morgan fingerprint density at radius 1 is 1.47 bits per heavy atom. The minimum Gasteiger partial charge on any atom is -0.379 e. The molecule has 1 N–H and O–H groups in total. The molecule has 1 aromatic heterocycles. The van der Waals surface area contributed by atoms with E-state index < -0.39 is 0 Å². The highest BCUT2D eigenvalue weighted by atomic mass is 35.5. The molecule has 0 radical (unpaired) electrons. The van der Waals surface area contributed by atoms with E-state index in [-0.39, 0.29) is 0 Å². The van der Waals surface area contributed by atoms with E-state index in [1.807, 2.05) is 31.4 Å². The van der Waals surface area contributed by atoms with Gasteiger partial charge >= 0.3 is 0 Å². The Kier molecular flexibility index (Phi) is 3.31. The maximum atomic E-state index is 8.75. The van der Waals surface area contributed by atoms with Crippen LogP contribution in [0.25, 0.3) is 0 Å². The van der Waals surface area contributed by atoms with E-state index in [9.17, 15) is 0 Å². The molecular weight excluding hydrogens is 236 g/mol. The quantitative estimate of drug-likeness (QED) is 0.906. The van der Waals surface area contributed by atoms with Crippen LogP contribution in [-0.4, -0.2) is 9.78 Å². The number of nitriles is 1. The van der Waals surface area contributed by atoms with Crippen LogP contribution in [-0.2, 0) is 13.6 Å². The Labute approximate surface area is 104 Å². The van der Waals surface area contributed by atoms with Gasteiger partial charge < -0.3 is 5.32 Å². The van der Waals surface area contributed by atoms with Crippen molar-refractivity contribution in [1.82, 2.24) is 9.78 Å². The molecule has 0 atom stereocenters. The van der Waals surface area contributed by atoms with Gasteiger partial charge in [-0.1, -0.05) is 11.6 Å². The van der Waals surface area contributed by atoms with Gasteiger partial charge in [-0.25, -0.2) is 0 Å². The third kappa shape index (κ3) is 2.77. The average molecular weight is 247 g/mol. The van der Waals surface area contributed by atoms with Crippen molar-refractivity contribution in [2.75, 3.05) is 5.32 Å². The first-order valence-corrected chi connectivity index (χ1v) is 5.49. The molecule has 2 aromatic rings. The molecule has 0 aliphatic carbocycles. The molecule has 0 saturated carbocycles. The predicted molar refractivity (Wildman–Crippen MR) is 66.7 cm³/mol. The van der Waals surface area contributed by atoms with Crippen molar-refractivity contribution in [3.8, 4) is 6.07 Å². The lowest BCUT2D eigenvalue weighted by Gasteiger charge is -2.05. The summed E-state index contributed by atoms with van der Waals surface area (Å²) in [5.74, 6) is 0. The van der Waals surface area contributed by atoms with Crippen LogP contribution in [0.1, 0.15) is 11.3 Å². The van der Waals surface area contributed by atoms with Gasteiger partial charge in [0.2, 0.25) is 0 Å². The number of aromatic nitrogens is 2. The van der Waals surface area contributed by atoms with Crippen molar-refractivity contribution >= 4 is 17.3 Å². The van der Waals surface area contributed by atoms with Crippen molar-refractivity contribution < 1.29 is 0 Å². The van der Waals surface area contributed by atoms with E-state index in [2.05, 4.69) is 10.4 Å². The zero-order valence-electron chi connectivity index (χ0n) is 9.31. The van der Waals surface area contributed by atoms with Crippen molar-refractivity contribution in [1.29, 1.82) is 5.26 Å². The zero-order valence-corrected chi connectivity index (χ0v) is 10.1. The minimum atomic E-state index is 0.457. The molecule has 86 valence electrons. The molecule has 0 spiro atoms. The van der Waals surface area contributed by atoms with Gasteiger partial charge in [0.05, 0.1) is 22.8 Å². The van der Waals surface area contributed by atoms with E-state index in [1.165, 1.54) is 0 Å². The largest absolute Gasteiger partial charge is 0.379 e. The number of aryl methyl sites for hydroxylation is 1. The highest BCUT2D eigenvalue weighted by Crippen LogP contribution is 2.20. The Bertz CT molecular complexity index is 568. The second-order valence-electron chi connectivity index (χ2n) is 3.64. The highest BCUT2D eigenvalue weighted by molar-refractivity contribution is 6.32. The van der Waals surface area contributed by atoms with Crippen LogP contribution in [0.5, 0.6) is 0 Å². The van der Waals surface area contributed by atoms with Gasteiger partial charge in [-0.05, 0) is 24.3 Å². The Morgan fingerprint density at radius 2 is 2.29 bits per heavy atom. The minimum absolute atomic E-state index is 0.457. The maximum absolute atomic E-state index is 8.75. The molecule has 0 unspecified atom stereocenters. The smallest absolute Gasteiger partial charge is 0.101 e. The molecule has 17 heavy (non-hydrogen) atoms. The van der Waals surface area contributed by atoms with E-state index in [0.717, 1.165) is 11.4 Å². The van der Waals surface area contributed by atoms with Crippen LogP contribution in [0.15, 0.2) is 30.5 Å². The summed E-state index contributed by atoms with van der Waals surface area (Å²) in [7, 11) is 1.88. The number of benzene rings is 1. The molecule has 0 fully saturated rings. The summed E-state index contributed by atoms with van der Waals surface area (Å²) in [5.41, 5.74) is 2.31. The fourth-order valence-corrected chi connectivity index (χ4v) is 1.69. The molecule has 4 nitrogen and oxygen atoms in total. The molecular formula is C12H11ClN4. The molecule has 5 heteroatoms. The van der Waals surface area contributed by atoms with Gasteiger partial charge in [-0.3, -0.25) is 4.68 Å². The topological polar surface area (TPSA) is 53.6 Å². The fraction of sp³-hybridized carbons (Fsp3) is 0.167. The third-order valence-electron chi connectivity index (χ3n) is 2.33. The summed E-state index contributed by atoms with van der Waals surface area (Å²) in [6.07, 6.45) is 1.89. The summed E-state index contributed by atoms with van der Waals surface area (Å²) < 4.78 is 1.75. The molecule has 0 bridgehead atoms. The van der Waals surface area contributed by atoms with Gasteiger partial charge in [-0.15, -0.1) is 0 Å². The van der Waals surface area contributed by atoms with Gasteiger partial charge in [0.25, 0.3) is 0 Å². The first kappa shape index (κ1) is 11.5. The summed E-state index contributed by atoms with van der Waals surface area (Å²) in [4.78, 5) is 0. The first-order chi connectivity index (χ1) is 8.19. The van der Waals surface area contributed by atoms with Crippen LogP contribution in [0.4, 0.5) is 5.69 Å². The SMILES string of the molecule is Cn1ccc(CNc2ccc(C#N)c(Cl)c2)n1. The number of anilines is 1. The van der Waals surface area contributed by atoms with Gasteiger partial charge in [-0.2, -0.15) is 10.4 Å². The lowest BCUT2D eigenvalue weighted by atomic mass is 10.2. The van der Waals surface area contributed by atoms with Crippen molar-refractivity contribution in [3.63, 3.8) is 0 Å². The average Bonchev–Trinajstić information content (AvgIpc) is 2.73. The Morgan fingerprint density at radius 3 is 2.88 bits per heavy atom. The number of halogens is 1. The van der Waals surface area contributed by atoms with Crippen LogP contribution >= 0.6 is 11.6 Å². The van der Waals surface area contributed by atoms with Crippen molar-refractivity contribution in [3.05, 3.63) is 46.7 Å². The standard InChI is InChI=1S/C12H11ClN4/c1-17-5-4-11(16-17)8-15-10-3-2-9(7-14)12(13)6-10/h2-6,15H,8H2,1H3. The predicted octanol–water partition coefficient (Wildman–Crippen LogP) is 2.56. The van der Waals surface area contributed by atoms with Gasteiger partial charge in [0.15, 0.2) is 0 Å². The highest BCUT2D eigenvalue weighted by Gasteiger charge is 2.01. The molecule has 1 heterocycles. The first-order valence-electron chi connectivity index (χ1n) is 5.11. The molecule has 0 aliphatic heterocycles. The van der Waals surface area contributed by atoms with Crippen LogP contribution < -0.4 is 5.32 Å². The van der Waals surface area contributed by atoms with E-state index in [1.54, 1.807) is 16.8 Å². The maximum Gasteiger partial charge on any atom is 0.101 e. The van der Waals surface area contributed by atoms with Crippen LogP contribution in [0.3, 0.4) is 0 Å². The molecule has 1 aromatic carbocycles. The number of nitrogens with zero attached hydrogens (tertiary/aromatic N) is 3. The zero-order chi connectivity index (χ0) is 12.3. The summed E-state index contributed by atoms with van der Waals surface area (Å²) in [6, 6.07) is 9.23. The Balaban J connectivity index is 2.05. The van der Waals surface area contributed by atoms with E-state index in [0.29, 0.717) is 17.1 Å². The van der Waals surface area contributed by atoms with E-state index >= 15 is 0 Å². The fourth-order valence-electron chi connectivity index (χ4n) is 1.47. The second-order valence-corrected chi connectivity index (χ2v) is 4.05.